The van der Waals surface area contributed by atoms with Crippen molar-refractivity contribution in [2.45, 2.75) is 19.9 Å². The Labute approximate surface area is 138 Å². The largest absolute Gasteiger partial charge is 0.454 e. The van der Waals surface area contributed by atoms with E-state index in [1.165, 1.54) is 11.3 Å². The Bertz CT molecular complexity index is 702. The van der Waals surface area contributed by atoms with Gasteiger partial charge >= 0.3 is 0 Å². The van der Waals surface area contributed by atoms with E-state index in [2.05, 4.69) is 15.6 Å². The van der Waals surface area contributed by atoms with Crippen LogP contribution in [-0.2, 0) is 0 Å². The van der Waals surface area contributed by atoms with Gasteiger partial charge < -0.3 is 20.1 Å². The number of likely N-dealkylation sites (N-methyl/N-ethyl adjacent to an activating group) is 1. The van der Waals surface area contributed by atoms with Crippen molar-refractivity contribution in [1.82, 2.24) is 15.6 Å². The Morgan fingerprint density at radius 3 is 3.04 bits per heavy atom. The summed E-state index contributed by atoms with van der Waals surface area (Å²) in [4.78, 5) is 16.6. The molecule has 0 saturated carbocycles. The molecule has 7 heteroatoms. The van der Waals surface area contributed by atoms with Crippen LogP contribution in [-0.4, -0.2) is 36.8 Å². The molecule has 0 aliphatic carbocycles. The second kappa shape index (κ2) is 6.97. The standard InChI is InChI=1S/C16H19N3O3S/c1-3-17-10(2)7-18-15(20)12-8-23-16(19-12)11-4-5-13-14(6-11)22-9-21-13/h4-6,8,10,17H,3,7,9H2,1-2H3,(H,18,20)/t10-/m1/s1. The maximum absolute atomic E-state index is 12.1. The highest BCUT2D eigenvalue weighted by atomic mass is 32.1. The van der Waals surface area contributed by atoms with Gasteiger partial charge in [0, 0.05) is 23.5 Å². The quantitative estimate of drug-likeness (QED) is 0.848. The van der Waals surface area contributed by atoms with Gasteiger partial charge in [0.05, 0.1) is 0 Å². The number of nitrogens with one attached hydrogen (secondary N) is 2. The average molecular weight is 333 g/mol. The number of nitrogens with zero attached hydrogens (tertiary/aromatic N) is 1. The van der Waals surface area contributed by atoms with E-state index in [1.54, 1.807) is 5.38 Å². The fourth-order valence-corrected chi connectivity index (χ4v) is 3.09. The van der Waals surface area contributed by atoms with Gasteiger partial charge in [-0.2, -0.15) is 0 Å². The van der Waals surface area contributed by atoms with E-state index in [0.717, 1.165) is 22.9 Å². The molecule has 2 N–H and O–H groups in total. The van der Waals surface area contributed by atoms with Crippen molar-refractivity contribution in [2.75, 3.05) is 19.9 Å². The third kappa shape index (κ3) is 3.62. The molecule has 0 saturated heterocycles. The second-order valence-corrected chi connectivity index (χ2v) is 6.13. The summed E-state index contributed by atoms with van der Waals surface area (Å²) in [5, 5.41) is 8.69. The normalized spacial score (nSPS) is 13.8. The van der Waals surface area contributed by atoms with Gasteiger partial charge in [0.15, 0.2) is 11.5 Å². The lowest BCUT2D eigenvalue weighted by molar-refractivity contribution is 0.0946. The lowest BCUT2D eigenvalue weighted by Gasteiger charge is -2.12. The minimum absolute atomic E-state index is 0.155. The summed E-state index contributed by atoms with van der Waals surface area (Å²) in [7, 11) is 0. The van der Waals surface area contributed by atoms with Gasteiger partial charge in [0.2, 0.25) is 6.79 Å². The summed E-state index contributed by atoms with van der Waals surface area (Å²) in [5.74, 6) is 1.29. The van der Waals surface area contributed by atoms with Crippen LogP contribution < -0.4 is 20.1 Å². The molecule has 122 valence electrons. The Hall–Kier alpha value is -2.12. The maximum atomic E-state index is 12.1. The molecule has 1 aliphatic rings. The van der Waals surface area contributed by atoms with Gasteiger partial charge in [-0.1, -0.05) is 6.92 Å². The first-order valence-corrected chi connectivity index (χ1v) is 8.42. The monoisotopic (exact) mass is 333 g/mol. The number of ether oxygens (including phenoxy) is 2. The Balaban J connectivity index is 1.67. The van der Waals surface area contributed by atoms with E-state index in [1.807, 2.05) is 32.0 Å². The molecule has 1 amide bonds. The summed E-state index contributed by atoms with van der Waals surface area (Å²) < 4.78 is 10.7. The van der Waals surface area contributed by atoms with E-state index in [0.29, 0.717) is 18.0 Å². The molecule has 6 nitrogen and oxygen atoms in total. The summed E-state index contributed by atoms with van der Waals surface area (Å²) in [6, 6.07) is 5.89. The van der Waals surface area contributed by atoms with Crippen LogP contribution in [0.25, 0.3) is 10.6 Å². The summed E-state index contributed by atoms with van der Waals surface area (Å²) in [5.41, 5.74) is 1.35. The number of carbonyl (C=O) groups excluding carboxylic acids is 1. The fourth-order valence-electron chi connectivity index (χ4n) is 2.30. The molecule has 0 unspecified atom stereocenters. The third-order valence-corrected chi connectivity index (χ3v) is 4.37. The van der Waals surface area contributed by atoms with Crippen molar-refractivity contribution in [3.8, 4) is 22.1 Å². The van der Waals surface area contributed by atoms with Gasteiger partial charge in [-0.05, 0) is 31.7 Å². The van der Waals surface area contributed by atoms with Crippen molar-refractivity contribution < 1.29 is 14.3 Å². The van der Waals surface area contributed by atoms with E-state index < -0.39 is 0 Å². The number of hydrogen-bond acceptors (Lipinski definition) is 6. The average Bonchev–Trinajstić information content (AvgIpc) is 3.21. The smallest absolute Gasteiger partial charge is 0.270 e. The SMILES string of the molecule is CCN[C@H](C)CNC(=O)c1csc(-c2ccc3c(c2)OCO3)n1. The van der Waals surface area contributed by atoms with Crippen LogP contribution >= 0.6 is 11.3 Å². The molecule has 1 aromatic carbocycles. The number of rotatable bonds is 6. The Morgan fingerprint density at radius 1 is 1.39 bits per heavy atom. The lowest BCUT2D eigenvalue weighted by Crippen LogP contribution is -2.38. The summed E-state index contributed by atoms with van der Waals surface area (Å²) in [6.45, 7) is 5.76. The molecule has 2 heterocycles. The molecular formula is C16H19N3O3S. The zero-order chi connectivity index (χ0) is 16.2. The Morgan fingerprint density at radius 2 is 2.22 bits per heavy atom. The molecule has 23 heavy (non-hydrogen) atoms. The van der Waals surface area contributed by atoms with Crippen molar-refractivity contribution in [3.63, 3.8) is 0 Å². The van der Waals surface area contributed by atoms with Gasteiger partial charge in [-0.25, -0.2) is 4.98 Å². The van der Waals surface area contributed by atoms with Crippen molar-refractivity contribution in [2.24, 2.45) is 0 Å². The predicted molar refractivity (Wildman–Crippen MR) is 89.1 cm³/mol. The number of amides is 1. The van der Waals surface area contributed by atoms with Gasteiger partial charge in [-0.15, -0.1) is 11.3 Å². The second-order valence-electron chi connectivity index (χ2n) is 5.27. The molecule has 1 atom stereocenters. The van der Waals surface area contributed by atoms with Gasteiger partial charge in [0.1, 0.15) is 10.7 Å². The molecule has 1 aliphatic heterocycles. The summed E-state index contributed by atoms with van der Waals surface area (Å²) >= 11 is 1.44. The number of thiazole rings is 1. The minimum Gasteiger partial charge on any atom is -0.454 e. The van der Waals surface area contributed by atoms with E-state index in [-0.39, 0.29) is 18.7 Å². The lowest BCUT2D eigenvalue weighted by atomic mass is 10.2. The fraction of sp³-hybridized carbons (Fsp3) is 0.375. The number of fused-ring (bicyclic) bond motifs is 1. The maximum Gasteiger partial charge on any atom is 0.270 e. The molecule has 2 aromatic rings. The molecular weight excluding hydrogens is 314 g/mol. The zero-order valence-corrected chi connectivity index (χ0v) is 13.9. The molecule has 3 rings (SSSR count). The van der Waals surface area contributed by atoms with Crippen molar-refractivity contribution in [1.29, 1.82) is 0 Å². The predicted octanol–water partition coefficient (Wildman–Crippen LogP) is 2.27. The highest BCUT2D eigenvalue weighted by Crippen LogP contribution is 2.36. The molecule has 0 radical (unpaired) electrons. The number of benzene rings is 1. The van der Waals surface area contributed by atoms with Gasteiger partial charge in [-0.3, -0.25) is 4.79 Å². The number of hydrogen-bond donors (Lipinski definition) is 2. The molecule has 1 aromatic heterocycles. The van der Waals surface area contributed by atoms with Crippen LogP contribution in [0.5, 0.6) is 11.5 Å². The zero-order valence-electron chi connectivity index (χ0n) is 13.1. The van der Waals surface area contributed by atoms with Crippen LogP contribution in [0.15, 0.2) is 23.6 Å². The molecule has 0 spiro atoms. The van der Waals surface area contributed by atoms with E-state index in [4.69, 9.17) is 9.47 Å². The minimum atomic E-state index is -0.155. The first-order valence-electron chi connectivity index (χ1n) is 7.54. The van der Waals surface area contributed by atoms with Crippen LogP contribution in [0.4, 0.5) is 0 Å². The molecule has 0 fully saturated rings. The van der Waals surface area contributed by atoms with Crippen molar-refractivity contribution >= 4 is 17.2 Å². The van der Waals surface area contributed by atoms with Crippen LogP contribution in [0, 0.1) is 0 Å². The highest BCUT2D eigenvalue weighted by Gasteiger charge is 2.17. The highest BCUT2D eigenvalue weighted by molar-refractivity contribution is 7.13. The topological polar surface area (TPSA) is 72.5 Å². The first-order chi connectivity index (χ1) is 11.2. The van der Waals surface area contributed by atoms with E-state index in [9.17, 15) is 4.79 Å². The number of aromatic nitrogens is 1. The number of carbonyl (C=O) groups is 1. The van der Waals surface area contributed by atoms with E-state index >= 15 is 0 Å². The van der Waals surface area contributed by atoms with Crippen LogP contribution in [0.1, 0.15) is 24.3 Å². The van der Waals surface area contributed by atoms with Crippen LogP contribution in [0.2, 0.25) is 0 Å². The molecule has 0 bridgehead atoms. The summed E-state index contributed by atoms with van der Waals surface area (Å²) in [6.07, 6.45) is 0. The van der Waals surface area contributed by atoms with Gasteiger partial charge in [0.25, 0.3) is 5.91 Å². The van der Waals surface area contributed by atoms with Crippen molar-refractivity contribution in [3.05, 3.63) is 29.3 Å². The Kier molecular flexibility index (Phi) is 4.78. The van der Waals surface area contributed by atoms with Crippen LogP contribution in [0.3, 0.4) is 0 Å². The third-order valence-electron chi connectivity index (χ3n) is 3.48. The first kappa shape index (κ1) is 15.8.